The molecule has 0 spiro atoms. The van der Waals surface area contributed by atoms with Crippen LogP contribution in [0.5, 0.6) is 11.5 Å². The van der Waals surface area contributed by atoms with Crippen molar-refractivity contribution in [3.8, 4) is 11.5 Å². The molecule has 0 atom stereocenters. The van der Waals surface area contributed by atoms with Gasteiger partial charge in [0.25, 0.3) is 0 Å². The molecule has 6 nitrogen and oxygen atoms in total. The van der Waals surface area contributed by atoms with Crippen LogP contribution in [-0.2, 0) is 21.7 Å². The van der Waals surface area contributed by atoms with E-state index in [4.69, 9.17) is 15.3 Å². The average molecular weight is 453 g/mol. The number of hydrogen-bond acceptors (Lipinski definition) is 5. The van der Waals surface area contributed by atoms with Gasteiger partial charge in [-0.25, -0.2) is 4.79 Å². The molecular formula is C23H26N2NiO4. The van der Waals surface area contributed by atoms with Crippen molar-refractivity contribution in [2.75, 3.05) is 0 Å². The number of hydrogen-bond donors (Lipinski definition) is 3. The second-order valence-corrected chi connectivity index (χ2v) is 6.64. The number of phenolic OH excluding ortho intramolecular Hbond substituents is 1. The molecule has 0 radical (unpaired) electrons. The third kappa shape index (κ3) is 7.41. The topological polar surface area (TPSA) is 103 Å². The fraction of sp³-hybridized carbons (Fsp3) is 0.217. The van der Waals surface area contributed by atoms with E-state index >= 15 is 0 Å². The molecule has 7 heteroatoms. The van der Waals surface area contributed by atoms with Gasteiger partial charge in [0.05, 0.1) is 0 Å². The monoisotopic (exact) mass is 452 g/mol. The molecule has 0 aliphatic carbocycles. The summed E-state index contributed by atoms with van der Waals surface area (Å²) < 4.78 is 3.79. The molecule has 0 aliphatic heterocycles. The number of aromatic carboxylic acids is 1. The predicted molar refractivity (Wildman–Crippen MR) is 113 cm³/mol. The predicted octanol–water partition coefficient (Wildman–Crippen LogP) is 5.41. The molecule has 3 rings (SSSR count). The second kappa shape index (κ2) is 12.5. The quantitative estimate of drug-likeness (QED) is 0.364. The van der Waals surface area contributed by atoms with Crippen molar-refractivity contribution in [2.24, 2.45) is 4.03 Å². The number of rotatable bonds is 3. The summed E-state index contributed by atoms with van der Waals surface area (Å²) in [5.41, 5.74) is 4.60. The normalized spacial score (nSPS) is 9.53. The molecule has 0 amide bonds. The van der Waals surface area contributed by atoms with Gasteiger partial charge < -0.3 is 15.3 Å². The van der Waals surface area contributed by atoms with Crippen molar-refractivity contribution in [1.29, 1.82) is 0 Å². The van der Waals surface area contributed by atoms with Crippen molar-refractivity contribution in [1.82, 2.24) is 4.98 Å². The molecule has 162 valence electrons. The molecule has 0 unspecified atom stereocenters. The molecule has 0 bridgehead atoms. The molecule has 3 N–H and O–H groups in total. The standard InChI is InChI=1S/C8H9N.C8H8O4.C7H9N.Ni/c1-6-4-3-5-7(2)8(6)9;1-4-2-3-5(9)7(10)6(4)8(11)12;1-2-7-5-3-4-6-8-7;/h3-5H,1-2H3;2-3,9-10H,1H3,(H,11,12);3-6H,2H2,1H3;. The Morgan fingerprint density at radius 2 is 1.60 bits per heavy atom. The van der Waals surface area contributed by atoms with Crippen LogP contribution < -0.4 is 0 Å². The minimum absolute atomic E-state index is 0.255. The van der Waals surface area contributed by atoms with Gasteiger partial charge >= 0.3 is 74.1 Å². The van der Waals surface area contributed by atoms with Crippen LogP contribution in [0.15, 0.2) is 58.8 Å². The van der Waals surface area contributed by atoms with Crippen molar-refractivity contribution in [3.05, 3.63) is 82.7 Å². The van der Waals surface area contributed by atoms with Gasteiger partial charge in [-0.15, -0.1) is 0 Å². The van der Waals surface area contributed by atoms with Gasteiger partial charge in [0.2, 0.25) is 0 Å². The van der Waals surface area contributed by atoms with Gasteiger partial charge in [-0.1, -0.05) is 19.1 Å². The molecule has 2 aromatic carbocycles. The van der Waals surface area contributed by atoms with Crippen molar-refractivity contribution < 1.29 is 35.4 Å². The second-order valence-electron chi connectivity index (χ2n) is 6.42. The number of aryl methyl sites for hydroxylation is 4. The van der Waals surface area contributed by atoms with Gasteiger partial charge in [0.15, 0.2) is 11.5 Å². The Bertz CT molecular complexity index is 972. The van der Waals surface area contributed by atoms with Gasteiger partial charge in [-0.3, -0.25) is 4.98 Å². The Kier molecular flexibility index (Phi) is 10.4. The summed E-state index contributed by atoms with van der Waals surface area (Å²) >= 11 is 4.34. The Balaban J connectivity index is 0.000000230. The summed E-state index contributed by atoms with van der Waals surface area (Å²) in [6.45, 7) is 7.68. The number of carboxylic acids is 1. The number of nitrogens with zero attached hydrogens (tertiary/aromatic N) is 2. The van der Waals surface area contributed by atoms with E-state index in [2.05, 4.69) is 31.2 Å². The third-order valence-corrected chi connectivity index (χ3v) is 4.40. The average Bonchev–Trinajstić information content (AvgIpc) is 2.72. The number of phenols is 2. The van der Waals surface area contributed by atoms with E-state index < -0.39 is 17.5 Å². The number of benzene rings is 2. The van der Waals surface area contributed by atoms with E-state index in [1.807, 2.05) is 56.4 Å². The summed E-state index contributed by atoms with van der Waals surface area (Å²) in [5, 5.41) is 26.7. The summed E-state index contributed by atoms with van der Waals surface area (Å²) in [4.78, 5) is 14.6. The first-order chi connectivity index (χ1) is 14.2. The van der Waals surface area contributed by atoms with E-state index in [1.54, 1.807) is 6.92 Å². The maximum absolute atomic E-state index is 10.5. The van der Waals surface area contributed by atoms with Crippen LogP contribution in [0.2, 0.25) is 0 Å². The molecule has 0 fully saturated rings. The van der Waals surface area contributed by atoms with Crippen LogP contribution in [0.3, 0.4) is 0 Å². The number of aromatic hydroxyl groups is 2. The first-order valence-corrected chi connectivity index (χ1v) is 9.67. The van der Waals surface area contributed by atoms with Crippen LogP contribution in [0.25, 0.3) is 0 Å². The molecule has 1 heterocycles. The zero-order chi connectivity index (χ0) is 22.7. The van der Waals surface area contributed by atoms with Crippen molar-refractivity contribution in [2.45, 2.75) is 34.1 Å². The van der Waals surface area contributed by atoms with E-state index in [-0.39, 0.29) is 5.56 Å². The van der Waals surface area contributed by atoms with Gasteiger partial charge in [-0.05, 0) is 37.1 Å². The molecule has 0 aliphatic rings. The summed E-state index contributed by atoms with van der Waals surface area (Å²) in [5.74, 6) is -2.25. The maximum atomic E-state index is 10.5. The number of pyridine rings is 1. The number of carbonyl (C=O) groups is 1. The van der Waals surface area contributed by atoms with E-state index in [0.717, 1.165) is 28.9 Å². The van der Waals surface area contributed by atoms with Crippen LogP contribution >= 0.6 is 0 Å². The SMILES string of the molecule is CCc1ccccn1.Cc1ccc(O)c(O)c1C(=O)O.Cc1cccc(C)c1[N]=[Ni]. The van der Waals surface area contributed by atoms with E-state index in [0.29, 0.717) is 5.56 Å². The first-order valence-electron chi connectivity index (χ1n) is 9.23. The Morgan fingerprint density at radius 3 is 1.97 bits per heavy atom. The molecule has 1 aromatic heterocycles. The number of aromatic nitrogens is 1. The summed E-state index contributed by atoms with van der Waals surface area (Å²) in [6, 6.07) is 14.7. The first kappa shape index (κ1) is 25.0. The fourth-order valence-corrected chi connectivity index (χ4v) is 2.82. The van der Waals surface area contributed by atoms with Gasteiger partial charge in [0, 0.05) is 11.9 Å². The van der Waals surface area contributed by atoms with Gasteiger partial charge in [0.1, 0.15) is 5.56 Å². The van der Waals surface area contributed by atoms with Crippen molar-refractivity contribution >= 4 is 11.7 Å². The van der Waals surface area contributed by atoms with Crippen LogP contribution in [-0.4, -0.2) is 26.3 Å². The Morgan fingerprint density at radius 1 is 0.967 bits per heavy atom. The molecule has 30 heavy (non-hydrogen) atoms. The van der Waals surface area contributed by atoms with E-state index in [1.165, 1.54) is 12.1 Å². The Hall–Kier alpha value is -3.05. The molecule has 3 aromatic rings. The molecular weight excluding hydrogens is 427 g/mol. The Labute approximate surface area is 184 Å². The number of carboxylic acid groups (broad SMARTS) is 1. The van der Waals surface area contributed by atoms with E-state index in [9.17, 15) is 4.79 Å². The molecule has 0 saturated heterocycles. The van der Waals surface area contributed by atoms with Crippen LogP contribution in [0, 0.1) is 20.8 Å². The van der Waals surface area contributed by atoms with Crippen molar-refractivity contribution in [3.63, 3.8) is 0 Å². The van der Waals surface area contributed by atoms with Crippen LogP contribution in [0.4, 0.5) is 5.69 Å². The summed E-state index contributed by atoms with van der Waals surface area (Å²) in [7, 11) is 0. The zero-order valence-electron chi connectivity index (χ0n) is 17.4. The zero-order valence-corrected chi connectivity index (χ0v) is 18.4. The van der Waals surface area contributed by atoms with Gasteiger partial charge in [-0.2, -0.15) is 0 Å². The summed E-state index contributed by atoms with van der Waals surface area (Å²) in [6.07, 6.45) is 2.85. The molecule has 0 saturated carbocycles. The third-order valence-electron chi connectivity index (χ3n) is 4.18. The van der Waals surface area contributed by atoms with Crippen LogP contribution in [0.1, 0.15) is 39.7 Å². The fourth-order valence-electron chi connectivity index (χ4n) is 2.48. The minimum atomic E-state index is -1.25.